The molecule has 0 saturated carbocycles. The van der Waals surface area contributed by atoms with Crippen LogP contribution in [0.25, 0.3) is 0 Å². The zero-order valence-electron chi connectivity index (χ0n) is 9.81. The third-order valence-corrected chi connectivity index (χ3v) is 4.07. The minimum Gasteiger partial charge on any atom is -0.480 e. The number of nitrogens with zero attached hydrogens (tertiary/aromatic N) is 1. The van der Waals surface area contributed by atoms with Crippen molar-refractivity contribution in [3.05, 3.63) is 33.3 Å². The highest BCUT2D eigenvalue weighted by Gasteiger charge is 2.33. The number of hydrogen-bond donors (Lipinski definition) is 1. The number of benzene rings is 1. The quantitative estimate of drug-likeness (QED) is 0.888. The van der Waals surface area contributed by atoms with E-state index < -0.39 is 12.0 Å². The molecule has 1 unspecified atom stereocenters. The van der Waals surface area contributed by atoms with E-state index in [9.17, 15) is 9.59 Å². The van der Waals surface area contributed by atoms with Crippen LogP contribution in [0.15, 0.2) is 22.7 Å². The number of aliphatic carboxylic acids is 1. The Morgan fingerprint density at radius 2 is 2.21 bits per heavy atom. The van der Waals surface area contributed by atoms with E-state index in [1.54, 1.807) is 12.1 Å². The van der Waals surface area contributed by atoms with Gasteiger partial charge in [-0.15, -0.1) is 0 Å². The van der Waals surface area contributed by atoms with Gasteiger partial charge in [0.15, 0.2) is 6.04 Å². The monoisotopic (exact) mass is 347 g/mol. The summed E-state index contributed by atoms with van der Waals surface area (Å²) in [7, 11) is 0. The van der Waals surface area contributed by atoms with Gasteiger partial charge in [0, 0.05) is 16.6 Å². The molecule has 0 aromatic heterocycles. The molecule has 1 amide bonds. The van der Waals surface area contributed by atoms with Gasteiger partial charge in [-0.1, -0.05) is 11.6 Å². The van der Waals surface area contributed by atoms with Crippen molar-refractivity contribution in [3.63, 3.8) is 0 Å². The van der Waals surface area contributed by atoms with Crippen molar-refractivity contribution in [3.8, 4) is 0 Å². The first-order valence-corrected chi connectivity index (χ1v) is 6.74. The van der Waals surface area contributed by atoms with Gasteiger partial charge >= 0.3 is 5.97 Å². The number of carboxylic acid groups (broad SMARTS) is 1. The molecule has 1 N–H and O–H groups in total. The van der Waals surface area contributed by atoms with Crippen LogP contribution in [-0.4, -0.2) is 47.7 Å². The molecule has 0 radical (unpaired) electrons. The highest BCUT2D eigenvalue weighted by Crippen LogP contribution is 2.24. The van der Waals surface area contributed by atoms with Gasteiger partial charge in [0.25, 0.3) is 5.91 Å². The highest BCUT2D eigenvalue weighted by molar-refractivity contribution is 9.10. The number of carbonyl (C=O) groups excluding carboxylic acids is 1. The van der Waals surface area contributed by atoms with Crippen LogP contribution in [0.5, 0.6) is 0 Å². The van der Waals surface area contributed by atoms with E-state index >= 15 is 0 Å². The second-order valence-corrected chi connectivity index (χ2v) is 5.32. The zero-order chi connectivity index (χ0) is 14.0. The summed E-state index contributed by atoms with van der Waals surface area (Å²) < 4.78 is 5.78. The molecule has 19 heavy (non-hydrogen) atoms. The van der Waals surface area contributed by atoms with Gasteiger partial charge in [-0.25, -0.2) is 4.79 Å². The topological polar surface area (TPSA) is 66.8 Å². The van der Waals surface area contributed by atoms with Crippen molar-refractivity contribution in [2.45, 2.75) is 6.04 Å². The molecular weight excluding hydrogens is 337 g/mol. The van der Waals surface area contributed by atoms with Gasteiger partial charge in [0.2, 0.25) is 0 Å². The minimum atomic E-state index is -1.07. The summed E-state index contributed by atoms with van der Waals surface area (Å²) in [4.78, 5) is 24.7. The van der Waals surface area contributed by atoms with Crippen LogP contribution < -0.4 is 0 Å². The molecule has 0 bridgehead atoms. The van der Waals surface area contributed by atoms with Crippen molar-refractivity contribution in [1.82, 2.24) is 4.90 Å². The number of halogens is 2. The first-order chi connectivity index (χ1) is 9.00. The first kappa shape index (κ1) is 14.3. The Kier molecular flexibility index (Phi) is 4.44. The van der Waals surface area contributed by atoms with Crippen LogP contribution in [-0.2, 0) is 9.53 Å². The Morgan fingerprint density at radius 1 is 1.47 bits per heavy atom. The van der Waals surface area contributed by atoms with Crippen molar-refractivity contribution in [2.24, 2.45) is 0 Å². The molecule has 7 heteroatoms. The Labute approximate surface area is 123 Å². The molecule has 1 aromatic rings. The molecule has 1 saturated heterocycles. The fraction of sp³-hybridized carbons (Fsp3) is 0.333. The summed E-state index contributed by atoms with van der Waals surface area (Å²) in [6.45, 7) is 0.592. The maximum atomic E-state index is 12.3. The molecule has 0 spiro atoms. The number of carboxylic acids is 1. The van der Waals surface area contributed by atoms with Gasteiger partial charge in [0.05, 0.1) is 18.2 Å². The van der Waals surface area contributed by atoms with E-state index in [0.717, 1.165) is 0 Å². The number of morpholine rings is 1. The van der Waals surface area contributed by atoms with Crippen LogP contribution in [0.2, 0.25) is 5.02 Å². The predicted octanol–water partition coefficient (Wildman–Crippen LogP) is 2.03. The standard InChI is InChI=1S/C12H11BrClNO4/c13-8-2-1-7(5-9(8)14)11(16)15-3-4-19-6-10(15)12(17)18/h1-2,5,10H,3-4,6H2,(H,17,18). The molecular formula is C12H11BrClNO4. The Bertz CT molecular complexity index is 522. The van der Waals surface area contributed by atoms with Gasteiger partial charge in [-0.3, -0.25) is 4.79 Å². The first-order valence-electron chi connectivity index (χ1n) is 5.57. The summed E-state index contributed by atoms with van der Waals surface area (Å²) in [5, 5.41) is 9.50. The van der Waals surface area contributed by atoms with Crippen molar-refractivity contribution in [1.29, 1.82) is 0 Å². The average molecular weight is 349 g/mol. The molecule has 5 nitrogen and oxygen atoms in total. The van der Waals surface area contributed by atoms with Crippen LogP contribution in [0, 0.1) is 0 Å². The third-order valence-electron chi connectivity index (χ3n) is 2.84. The second kappa shape index (κ2) is 5.90. The maximum absolute atomic E-state index is 12.3. The number of hydrogen-bond acceptors (Lipinski definition) is 3. The maximum Gasteiger partial charge on any atom is 0.328 e. The molecule has 0 aliphatic carbocycles. The lowest BCUT2D eigenvalue weighted by atomic mass is 10.1. The number of amides is 1. The van der Waals surface area contributed by atoms with Crippen molar-refractivity contribution < 1.29 is 19.4 Å². The summed E-state index contributed by atoms with van der Waals surface area (Å²) in [6, 6.07) is 3.82. The molecule has 1 aliphatic heterocycles. The zero-order valence-corrected chi connectivity index (χ0v) is 12.1. The molecule has 102 valence electrons. The molecule has 1 fully saturated rings. The van der Waals surface area contributed by atoms with Gasteiger partial charge in [-0.2, -0.15) is 0 Å². The van der Waals surface area contributed by atoms with E-state index in [0.29, 0.717) is 21.7 Å². The van der Waals surface area contributed by atoms with Crippen LogP contribution in [0.4, 0.5) is 0 Å². The largest absolute Gasteiger partial charge is 0.480 e. The molecule has 1 heterocycles. The van der Waals surface area contributed by atoms with E-state index in [-0.39, 0.29) is 19.1 Å². The summed E-state index contributed by atoms with van der Waals surface area (Å²) >= 11 is 9.18. The lowest BCUT2D eigenvalue weighted by Crippen LogP contribution is -2.52. The van der Waals surface area contributed by atoms with Gasteiger partial charge < -0.3 is 14.7 Å². The normalized spacial score (nSPS) is 19.3. The number of carbonyl (C=O) groups is 2. The molecule has 1 atom stereocenters. The van der Waals surface area contributed by atoms with E-state index in [1.165, 1.54) is 11.0 Å². The number of rotatable bonds is 2. The lowest BCUT2D eigenvalue weighted by Gasteiger charge is -2.32. The van der Waals surface area contributed by atoms with Crippen LogP contribution >= 0.6 is 27.5 Å². The highest BCUT2D eigenvalue weighted by atomic mass is 79.9. The van der Waals surface area contributed by atoms with Crippen molar-refractivity contribution in [2.75, 3.05) is 19.8 Å². The Morgan fingerprint density at radius 3 is 2.84 bits per heavy atom. The minimum absolute atomic E-state index is 0.00529. The Hall–Kier alpha value is -1.11. The third kappa shape index (κ3) is 3.08. The Balaban J connectivity index is 2.26. The van der Waals surface area contributed by atoms with Crippen LogP contribution in [0.3, 0.4) is 0 Å². The summed E-state index contributed by atoms with van der Waals surface area (Å²) in [5.74, 6) is -1.43. The van der Waals surface area contributed by atoms with E-state index in [1.807, 2.05) is 0 Å². The van der Waals surface area contributed by atoms with Gasteiger partial charge in [-0.05, 0) is 34.1 Å². The summed E-state index contributed by atoms with van der Waals surface area (Å²) in [6.07, 6.45) is 0. The van der Waals surface area contributed by atoms with E-state index in [4.69, 9.17) is 21.4 Å². The smallest absolute Gasteiger partial charge is 0.328 e. The molecule has 2 rings (SSSR count). The van der Waals surface area contributed by atoms with Crippen molar-refractivity contribution >= 4 is 39.4 Å². The average Bonchev–Trinajstić information content (AvgIpc) is 2.41. The number of ether oxygens (including phenoxy) is 1. The lowest BCUT2D eigenvalue weighted by molar-refractivity contribution is -0.147. The second-order valence-electron chi connectivity index (χ2n) is 4.06. The predicted molar refractivity (Wildman–Crippen MR) is 72.4 cm³/mol. The molecule has 1 aliphatic rings. The van der Waals surface area contributed by atoms with Crippen LogP contribution in [0.1, 0.15) is 10.4 Å². The van der Waals surface area contributed by atoms with E-state index in [2.05, 4.69) is 15.9 Å². The van der Waals surface area contributed by atoms with Gasteiger partial charge in [0.1, 0.15) is 0 Å². The molecule has 1 aromatic carbocycles. The SMILES string of the molecule is O=C(O)C1COCCN1C(=O)c1ccc(Br)c(Cl)c1. The summed E-state index contributed by atoms with van der Waals surface area (Å²) in [5.41, 5.74) is 0.362. The fourth-order valence-corrected chi connectivity index (χ4v) is 2.27. The fourth-order valence-electron chi connectivity index (χ4n) is 1.85.